The van der Waals surface area contributed by atoms with E-state index in [0.717, 1.165) is 0 Å². The third kappa shape index (κ3) is 2.84. The van der Waals surface area contributed by atoms with Crippen molar-refractivity contribution in [2.75, 3.05) is 18.5 Å². The Bertz CT molecular complexity index is 368. The van der Waals surface area contributed by atoms with Gasteiger partial charge in [-0.25, -0.2) is 0 Å². The van der Waals surface area contributed by atoms with Gasteiger partial charge in [0, 0.05) is 20.0 Å². The number of carbonyl (C=O) groups excluding carboxylic acids is 1. The largest absolute Gasteiger partial charge is 0.330 e. The van der Waals surface area contributed by atoms with E-state index in [2.05, 4.69) is 0 Å². The van der Waals surface area contributed by atoms with Crippen molar-refractivity contribution in [3.63, 3.8) is 0 Å². The number of nitrogens with two attached hydrogens (primary N) is 1. The molecular formula is C10H12Cl2N2O. The van der Waals surface area contributed by atoms with E-state index in [-0.39, 0.29) is 5.91 Å². The maximum atomic E-state index is 11.6. The third-order valence-electron chi connectivity index (χ3n) is 2.02. The lowest BCUT2D eigenvalue weighted by atomic mass is 10.2. The molecule has 15 heavy (non-hydrogen) atoms. The van der Waals surface area contributed by atoms with E-state index in [1.165, 1.54) is 4.90 Å². The first-order valence-corrected chi connectivity index (χ1v) is 5.24. The van der Waals surface area contributed by atoms with Gasteiger partial charge in [-0.15, -0.1) is 0 Å². The molecular weight excluding hydrogens is 235 g/mol. The summed E-state index contributed by atoms with van der Waals surface area (Å²) in [5.74, 6) is -0.0818. The topological polar surface area (TPSA) is 46.3 Å². The highest BCUT2D eigenvalue weighted by molar-refractivity contribution is 6.44. The number of hydrogen-bond acceptors (Lipinski definition) is 2. The highest BCUT2D eigenvalue weighted by Crippen LogP contribution is 2.31. The lowest BCUT2D eigenvalue weighted by molar-refractivity contribution is -0.118. The number of anilines is 1. The highest BCUT2D eigenvalue weighted by Gasteiger charge is 2.14. The van der Waals surface area contributed by atoms with Gasteiger partial charge >= 0.3 is 0 Å². The second-order valence-corrected chi connectivity index (χ2v) is 3.85. The van der Waals surface area contributed by atoms with Gasteiger partial charge in [-0.3, -0.25) is 4.79 Å². The van der Waals surface area contributed by atoms with Crippen molar-refractivity contribution in [3.8, 4) is 0 Å². The molecule has 0 atom stereocenters. The molecule has 0 aromatic heterocycles. The summed E-state index contributed by atoms with van der Waals surface area (Å²) in [5.41, 5.74) is 5.91. The summed E-state index contributed by atoms with van der Waals surface area (Å²) in [7, 11) is 1.65. The van der Waals surface area contributed by atoms with Gasteiger partial charge < -0.3 is 10.6 Å². The Hall–Kier alpha value is -0.770. The van der Waals surface area contributed by atoms with E-state index in [1.807, 2.05) is 0 Å². The monoisotopic (exact) mass is 246 g/mol. The Labute approximate surface area is 98.8 Å². The molecule has 0 saturated heterocycles. The Kier molecular flexibility index (Phi) is 4.39. The molecule has 1 aromatic carbocycles. The Balaban J connectivity index is 2.96. The van der Waals surface area contributed by atoms with Crippen LogP contribution in [0.2, 0.25) is 10.0 Å². The van der Waals surface area contributed by atoms with Gasteiger partial charge in [0.2, 0.25) is 5.91 Å². The Morgan fingerprint density at radius 3 is 2.73 bits per heavy atom. The van der Waals surface area contributed by atoms with Crippen molar-refractivity contribution in [3.05, 3.63) is 28.2 Å². The van der Waals surface area contributed by atoms with E-state index in [1.54, 1.807) is 25.2 Å². The van der Waals surface area contributed by atoms with Gasteiger partial charge in [0.1, 0.15) is 0 Å². The summed E-state index contributed by atoms with van der Waals surface area (Å²) < 4.78 is 0. The number of amides is 1. The summed E-state index contributed by atoms with van der Waals surface area (Å²) in [6.45, 7) is 0.321. The molecule has 0 aliphatic rings. The molecule has 2 N–H and O–H groups in total. The fourth-order valence-corrected chi connectivity index (χ4v) is 1.60. The fraction of sp³-hybridized carbons (Fsp3) is 0.300. The summed E-state index contributed by atoms with van der Waals surface area (Å²) in [4.78, 5) is 13.0. The lowest BCUT2D eigenvalue weighted by Gasteiger charge is -2.18. The highest BCUT2D eigenvalue weighted by atomic mass is 35.5. The molecule has 0 aliphatic carbocycles. The average Bonchev–Trinajstić information content (AvgIpc) is 2.21. The molecule has 0 fully saturated rings. The molecule has 0 radical (unpaired) electrons. The van der Waals surface area contributed by atoms with Crippen molar-refractivity contribution in [1.29, 1.82) is 0 Å². The van der Waals surface area contributed by atoms with Crippen molar-refractivity contribution < 1.29 is 4.79 Å². The van der Waals surface area contributed by atoms with Crippen LogP contribution in [0.1, 0.15) is 6.42 Å². The van der Waals surface area contributed by atoms with Gasteiger partial charge in [-0.2, -0.15) is 0 Å². The Morgan fingerprint density at radius 1 is 1.47 bits per heavy atom. The molecule has 0 spiro atoms. The van der Waals surface area contributed by atoms with E-state index >= 15 is 0 Å². The molecule has 0 aliphatic heterocycles. The van der Waals surface area contributed by atoms with Crippen LogP contribution < -0.4 is 10.6 Å². The van der Waals surface area contributed by atoms with Crippen LogP contribution in [0.4, 0.5) is 5.69 Å². The molecule has 5 heteroatoms. The molecule has 0 unspecified atom stereocenters. The SMILES string of the molecule is CN(C(=O)CCN)c1cccc(Cl)c1Cl. The Morgan fingerprint density at radius 2 is 2.13 bits per heavy atom. The van der Waals surface area contributed by atoms with Crippen LogP contribution in [-0.2, 0) is 4.79 Å². The minimum absolute atomic E-state index is 0.0818. The standard InChI is InChI=1S/C10H12Cl2N2O/c1-14(9(15)5-6-13)8-4-2-3-7(11)10(8)12/h2-4H,5-6,13H2,1H3. The van der Waals surface area contributed by atoms with Crippen molar-refractivity contribution in [2.45, 2.75) is 6.42 Å². The van der Waals surface area contributed by atoms with E-state index < -0.39 is 0 Å². The van der Waals surface area contributed by atoms with Crippen LogP contribution in [-0.4, -0.2) is 19.5 Å². The zero-order valence-corrected chi connectivity index (χ0v) is 9.85. The first-order valence-electron chi connectivity index (χ1n) is 4.48. The van der Waals surface area contributed by atoms with Gasteiger partial charge in [-0.05, 0) is 12.1 Å². The van der Waals surface area contributed by atoms with Crippen molar-refractivity contribution in [2.24, 2.45) is 5.73 Å². The summed E-state index contributed by atoms with van der Waals surface area (Å²) in [6, 6.07) is 5.16. The maximum Gasteiger partial charge on any atom is 0.228 e. The van der Waals surface area contributed by atoms with Crippen LogP contribution in [0.3, 0.4) is 0 Å². The number of hydrogen-bond donors (Lipinski definition) is 1. The van der Waals surface area contributed by atoms with Crippen molar-refractivity contribution in [1.82, 2.24) is 0 Å². The van der Waals surface area contributed by atoms with Gasteiger partial charge in [0.25, 0.3) is 0 Å². The number of halogens is 2. The first kappa shape index (κ1) is 12.3. The van der Waals surface area contributed by atoms with Gasteiger partial charge in [-0.1, -0.05) is 29.3 Å². The molecule has 1 aromatic rings. The minimum Gasteiger partial charge on any atom is -0.330 e. The predicted molar refractivity (Wildman–Crippen MR) is 63.5 cm³/mol. The third-order valence-corrected chi connectivity index (χ3v) is 2.83. The van der Waals surface area contributed by atoms with Gasteiger partial charge in [0.15, 0.2) is 0 Å². The molecule has 0 heterocycles. The predicted octanol–water partition coefficient (Wildman–Crippen LogP) is 2.30. The molecule has 1 rings (SSSR count). The van der Waals surface area contributed by atoms with Crippen LogP contribution in [0.25, 0.3) is 0 Å². The van der Waals surface area contributed by atoms with E-state index in [9.17, 15) is 4.79 Å². The lowest BCUT2D eigenvalue weighted by Crippen LogP contribution is -2.28. The smallest absolute Gasteiger partial charge is 0.228 e. The van der Waals surface area contributed by atoms with E-state index in [4.69, 9.17) is 28.9 Å². The van der Waals surface area contributed by atoms with Gasteiger partial charge in [0.05, 0.1) is 15.7 Å². The molecule has 1 amide bonds. The second-order valence-electron chi connectivity index (χ2n) is 3.06. The number of carbonyl (C=O) groups is 1. The number of rotatable bonds is 3. The zero-order chi connectivity index (χ0) is 11.4. The van der Waals surface area contributed by atoms with Crippen LogP contribution >= 0.6 is 23.2 Å². The average molecular weight is 247 g/mol. The number of benzene rings is 1. The second kappa shape index (κ2) is 5.35. The summed E-state index contributed by atoms with van der Waals surface area (Å²) in [5, 5.41) is 0.814. The maximum absolute atomic E-state index is 11.6. The minimum atomic E-state index is -0.0818. The zero-order valence-electron chi connectivity index (χ0n) is 8.34. The quantitative estimate of drug-likeness (QED) is 0.890. The number of nitrogens with zero attached hydrogens (tertiary/aromatic N) is 1. The summed E-state index contributed by atoms with van der Waals surface area (Å²) >= 11 is 11.8. The molecule has 82 valence electrons. The fourth-order valence-electron chi connectivity index (χ4n) is 1.18. The van der Waals surface area contributed by atoms with Crippen LogP contribution in [0, 0.1) is 0 Å². The molecule has 0 saturated carbocycles. The normalized spacial score (nSPS) is 10.1. The summed E-state index contributed by atoms with van der Waals surface area (Å²) in [6.07, 6.45) is 0.291. The first-order chi connectivity index (χ1) is 7.07. The van der Waals surface area contributed by atoms with Crippen LogP contribution in [0.5, 0.6) is 0 Å². The van der Waals surface area contributed by atoms with Crippen molar-refractivity contribution >= 4 is 34.8 Å². The molecule has 0 bridgehead atoms. The molecule has 3 nitrogen and oxygen atoms in total. The van der Waals surface area contributed by atoms with Crippen LogP contribution in [0.15, 0.2) is 18.2 Å². The van der Waals surface area contributed by atoms with E-state index in [0.29, 0.717) is 28.7 Å².